The van der Waals surface area contributed by atoms with E-state index in [1.165, 1.54) is 16.8 Å². The standard InChI is InChI=1S/C22H17FO2Se/c23-22(21(24)20-12-7-16-25-20,14-13-18-8-3-1-4-9-18)15-17-26-19-10-5-2-6-11-19/h1-12,16H,15,17H2. The molecule has 1 heterocycles. The monoisotopic (exact) mass is 412 g/mol. The van der Waals surface area contributed by atoms with Crippen LogP contribution in [0.1, 0.15) is 22.5 Å². The van der Waals surface area contributed by atoms with Crippen molar-refractivity contribution >= 4 is 25.2 Å². The van der Waals surface area contributed by atoms with Crippen molar-refractivity contribution in [2.24, 2.45) is 0 Å². The van der Waals surface area contributed by atoms with Gasteiger partial charge in [-0.25, -0.2) is 0 Å². The van der Waals surface area contributed by atoms with E-state index in [2.05, 4.69) is 11.8 Å². The molecule has 26 heavy (non-hydrogen) atoms. The van der Waals surface area contributed by atoms with Crippen LogP contribution in [-0.4, -0.2) is 26.4 Å². The third kappa shape index (κ3) is 4.73. The van der Waals surface area contributed by atoms with Gasteiger partial charge in [0.2, 0.25) is 0 Å². The molecular weight excluding hydrogens is 394 g/mol. The number of benzene rings is 2. The molecule has 0 aliphatic carbocycles. The molecule has 0 fully saturated rings. The third-order valence-electron chi connectivity index (χ3n) is 3.74. The van der Waals surface area contributed by atoms with Crippen LogP contribution in [0, 0.1) is 11.8 Å². The molecule has 1 aromatic heterocycles. The first-order valence-corrected chi connectivity index (χ1v) is 10.3. The number of alkyl halides is 1. The molecule has 3 rings (SSSR count). The van der Waals surface area contributed by atoms with Gasteiger partial charge < -0.3 is 0 Å². The molecule has 2 nitrogen and oxygen atoms in total. The van der Waals surface area contributed by atoms with Crippen molar-refractivity contribution in [1.82, 2.24) is 0 Å². The second-order valence-electron chi connectivity index (χ2n) is 5.64. The first-order chi connectivity index (χ1) is 12.7. The molecule has 130 valence electrons. The normalized spacial score (nSPS) is 12.7. The fraction of sp³-hybridized carbons (Fsp3) is 0.136. The van der Waals surface area contributed by atoms with Gasteiger partial charge >= 0.3 is 158 Å². The number of furan rings is 1. The molecule has 0 spiro atoms. The van der Waals surface area contributed by atoms with Gasteiger partial charge in [-0.15, -0.1) is 0 Å². The first-order valence-electron chi connectivity index (χ1n) is 8.21. The summed E-state index contributed by atoms with van der Waals surface area (Å²) >= 11 is 0.0798. The first kappa shape index (κ1) is 18.2. The van der Waals surface area contributed by atoms with E-state index in [0.29, 0.717) is 10.9 Å². The Morgan fingerprint density at radius 3 is 2.35 bits per heavy atom. The maximum atomic E-state index is 15.6. The van der Waals surface area contributed by atoms with Crippen LogP contribution in [0.25, 0.3) is 0 Å². The number of carbonyl (C=O) groups excluding carboxylic acids is 1. The predicted molar refractivity (Wildman–Crippen MR) is 101 cm³/mol. The van der Waals surface area contributed by atoms with Crippen molar-refractivity contribution in [3.63, 3.8) is 0 Å². The summed E-state index contributed by atoms with van der Waals surface area (Å²) in [6.07, 6.45) is 1.41. The van der Waals surface area contributed by atoms with Gasteiger partial charge in [0.1, 0.15) is 0 Å². The molecule has 4 heteroatoms. The zero-order chi connectivity index (χ0) is 18.2. The molecule has 1 atom stereocenters. The van der Waals surface area contributed by atoms with Gasteiger partial charge in [0.25, 0.3) is 0 Å². The van der Waals surface area contributed by atoms with E-state index in [-0.39, 0.29) is 27.1 Å². The summed E-state index contributed by atoms with van der Waals surface area (Å²) < 4.78 is 21.8. The van der Waals surface area contributed by atoms with Crippen LogP contribution < -0.4 is 4.46 Å². The van der Waals surface area contributed by atoms with Gasteiger partial charge in [-0.2, -0.15) is 0 Å². The van der Waals surface area contributed by atoms with Crippen LogP contribution >= 0.6 is 0 Å². The fourth-order valence-electron chi connectivity index (χ4n) is 2.35. The zero-order valence-corrected chi connectivity index (χ0v) is 15.7. The zero-order valence-electron chi connectivity index (χ0n) is 14.0. The molecular formula is C22H17FO2Se. The minimum absolute atomic E-state index is 0.00192. The van der Waals surface area contributed by atoms with Gasteiger partial charge in [0.15, 0.2) is 0 Å². The number of halogens is 1. The maximum absolute atomic E-state index is 15.6. The Balaban J connectivity index is 1.79. The van der Waals surface area contributed by atoms with E-state index in [9.17, 15) is 4.79 Å². The van der Waals surface area contributed by atoms with E-state index in [1.807, 2.05) is 48.5 Å². The average molecular weight is 411 g/mol. The van der Waals surface area contributed by atoms with E-state index in [1.54, 1.807) is 18.2 Å². The number of hydrogen-bond acceptors (Lipinski definition) is 2. The van der Waals surface area contributed by atoms with Crippen LogP contribution in [0.3, 0.4) is 0 Å². The fourth-order valence-corrected chi connectivity index (χ4v) is 4.39. The van der Waals surface area contributed by atoms with Crippen molar-refractivity contribution < 1.29 is 13.6 Å². The van der Waals surface area contributed by atoms with E-state index in [0.717, 1.165) is 0 Å². The average Bonchev–Trinajstić information content (AvgIpc) is 3.22. The predicted octanol–water partition coefficient (Wildman–Crippen LogP) is 4.06. The molecule has 1 unspecified atom stereocenters. The topological polar surface area (TPSA) is 30.2 Å². The van der Waals surface area contributed by atoms with Crippen molar-refractivity contribution in [1.29, 1.82) is 0 Å². The number of carbonyl (C=O) groups is 1. The number of rotatable bonds is 6. The van der Waals surface area contributed by atoms with Crippen LogP contribution in [0.15, 0.2) is 83.5 Å². The molecule has 3 aromatic rings. The van der Waals surface area contributed by atoms with Gasteiger partial charge in [-0.05, 0) is 0 Å². The molecule has 0 bridgehead atoms. The van der Waals surface area contributed by atoms with Gasteiger partial charge in [-0.3, -0.25) is 0 Å². The summed E-state index contributed by atoms with van der Waals surface area (Å²) in [5.74, 6) is 4.66. The Bertz CT molecular complexity index is 896. The van der Waals surface area contributed by atoms with Crippen LogP contribution in [-0.2, 0) is 0 Å². The van der Waals surface area contributed by atoms with Crippen molar-refractivity contribution in [2.45, 2.75) is 17.4 Å². The Hall–Kier alpha value is -2.60. The second-order valence-corrected chi connectivity index (χ2v) is 8.09. The van der Waals surface area contributed by atoms with E-state index >= 15 is 4.39 Å². The number of ketones is 1. The summed E-state index contributed by atoms with van der Waals surface area (Å²) in [5, 5.41) is 0.573. The molecule has 0 radical (unpaired) electrons. The third-order valence-corrected chi connectivity index (χ3v) is 5.87. The van der Waals surface area contributed by atoms with Crippen LogP contribution in [0.2, 0.25) is 5.32 Å². The van der Waals surface area contributed by atoms with Gasteiger partial charge in [0, 0.05) is 0 Å². The molecule has 0 aliphatic rings. The molecule has 0 saturated heterocycles. The molecule has 0 aliphatic heterocycles. The van der Waals surface area contributed by atoms with Crippen molar-refractivity contribution in [3.8, 4) is 11.8 Å². The number of hydrogen-bond donors (Lipinski definition) is 0. The molecule has 0 amide bonds. The summed E-state index contributed by atoms with van der Waals surface area (Å²) in [7, 11) is 0. The summed E-state index contributed by atoms with van der Waals surface area (Å²) in [5.41, 5.74) is -1.58. The Morgan fingerprint density at radius 2 is 1.69 bits per heavy atom. The molecule has 0 N–H and O–H groups in total. The minimum atomic E-state index is -2.26. The second kappa shape index (κ2) is 8.67. The Kier molecular flexibility index (Phi) is 6.07. The summed E-state index contributed by atoms with van der Waals surface area (Å²) in [6, 6.07) is 22.1. The SMILES string of the molecule is O=C(c1ccco1)C(F)(C#Cc1ccccc1)CC[Se]c1ccccc1. The summed E-state index contributed by atoms with van der Waals surface area (Å²) in [4.78, 5) is 12.6. The van der Waals surface area contributed by atoms with E-state index < -0.39 is 11.5 Å². The van der Waals surface area contributed by atoms with Crippen molar-refractivity contribution in [2.75, 3.05) is 0 Å². The van der Waals surface area contributed by atoms with Crippen LogP contribution in [0.5, 0.6) is 0 Å². The Labute approximate surface area is 158 Å². The van der Waals surface area contributed by atoms with Crippen LogP contribution in [0.4, 0.5) is 4.39 Å². The Morgan fingerprint density at radius 1 is 1.00 bits per heavy atom. The number of Topliss-reactive ketones (excluding diaryl/α,β-unsaturated/α-hetero) is 1. The van der Waals surface area contributed by atoms with Crippen molar-refractivity contribution in [3.05, 3.63) is 90.4 Å². The summed E-state index contributed by atoms with van der Waals surface area (Å²) in [6.45, 7) is 0. The van der Waals surface area contributed by atoms with Gasteiger partial charge in [-0.1, -0.05) is 0 Å². The van der Waals surface area contributed by atoms with Gasteiger partial charge in [0.05, 0.1) is 0 Å². The molecule has 0 saturated carbocycles. The quantitative estimate of drug-likeness (QED) is 0.348. The van der Waals surface area contributed by atoms with E-state index in [4.69, 9.17) is 4.42 Å². The molecule has 2 aromatic carbocycles.